The predicted octanol–water partition coefficient (Wildman–Crippen LogP) is 8.89. The van der Waals surface area contributed by atoms with Crippen molar-refractivity contribution in [2.45, 2.75) is 129 Å². The first-order chi connectivity index (χ1) is 20.8. The molecule has 0 aliphatic rings. The van der Waals surface area contributed by atoms with E-state index in [4.69, 9.17) is 0 Å². The second kappa shape index (κ2) is 29.6. The van der Waals surface area contributed by atoms with Gasteiger partial charge in [-0.3, -0.25) is 9.35 Å². The summed E-state index contributed by atoms with van der Waals surface area (Å²) in [6.07, 6.45) is 43.2. The number of carbonyl (C=O) groups excluding carboxylic acids is 1. The molecule has 0 fully saturated rings. The first kappa shape index (κ1) is 40.5. The number of amides is 1. The van der Waals surface area contributed by atoms with Gasteiger partial charge in [0.1, 0.15) is 0 Å². The van der Waals surface area contributed by atoms with Gasteiger partial charge in [0.25, 0.3) is 10.1 Å². The Bertz CT molecular complexity index is 989. The van der Waals surface area contributed by atoms with Gasteiger partial charge in [-0.25, -0.2) is 0 Å². The SMILES string of the molecule is CC/C=C\C/C=C\C/C=C\C/C=C\C/C=C\C/C=C\CCCCCCC(=O)NC(CS(=O)(=O)O)C(O)/C=C/CCCCC. The number of aliphatic hydroxyl groups is 1. The Kier molecular flexibility index (Phi) is 27.9. The van der Waals surface area contributed by atoms with E-state index in [0.717, 1.165) is 89.9 Å². The van der Waals surface area contributed by atoms with Crippen LogP contribution in [-0.2, 0) is 14.9 Å². The first-order valence-electron chi connectivity index (χ1n) is 16.3. The van der Waals surface area contributed by atoms with Crippen molar-refractivity contribution >= 4 is 16.0 Å². The lowest BCUT2D eigenvalue weighted by atomic mass is 10.1. The maximum atomic E-state index is 12.3. The van der Waals surface area contributed by atoms with Gasteiger partial charge >= 0.3 is 0 Å². The number of allylic oxidation sites excluding steroid dienone is 13. The van der Waals surface area contributed by atoms with Crippen molar-refractivity contribution in [2.24, 2.45) is 0 Å². The van der Waals surface area contributed by atoms with E-state index in [9.17, 15) is 22.9 Å². The van der Waals surface area contributed by atoms with Crippen molar-refractivity contribution in [1.82, 2.24) is 5.32 Å². The smallest absolute Gasteiger partial charge is 0.267 e. The monoisotopic (exact) mass is 617 g/mol. The second-order valence-corrected chi connectivity index (χ2v) is 12.2. The maximum absolute atomic E-state index is 12.3. The molecule has 2 unspecified atom stereocenters. The fourth-order valence-electron chi connectivity index (χ4n) is 4.15. The van der Waals surface area contributed by atoms with Crippen LogP contribution >= 0.6 is 0 Å². The highest BCUT2D eigenvalue weighted by molar-refractivity contribution is 7.85. The molecule has 43 heavy (non-hydrogen) atoms. The van der Waals surface area contributed by atoms with E-state index in [1.54, 1.807) is 6.08 Å². The minimum Gasteiger partial charge on any atom is -0.387 e. The molecule has 0 rings (SSSR count). The van der Waals surface area contributed by atoms with Crippen molar-refractivity contribution in [3.05, 3.63) is 85.1 Å². The summed E-state index contributed by atoms with van der Waals surface area (Å²) in [5, 5.41) is 12.9. The molecular formula is C36H59NO5S. The Balaban J connectivity index is 3.96. The molecule has 0 bridgehead atoms. The van der Waals surface area contributed by atoms with Crippen LogP contribution in [-0.4, -0.2) is 41.9 Å². The van der Waals surface area contributed by atoms with Gasteiger partial charge in [0.15, 0.2) is 0 Å². The van der Waals surface area contributed by atoms with Crippen molar-refractivity contribution < 1.29 is 22.9 Å². The minimum absolute atomic E-state index is 0.259. The van der Waals surface area contributed by atoms with Crippen LogP contribution in [0.15, 0.2) is 85.1 Å². The van der Waals surface area contributed by atoms with Gasteiger partial charge in [0.2, 0.25) is 5.91 Å². The number of aliphatic hydroxyl groups excluding tert-OH is 1. The molecule has 3 N–H and O–H groups in total. The molecule has 0 aromatic rings. The lowest BCUT2D eigenvalue weighted by molar-refractivity contribution is -0.122. The average molecular weight is 618 g/mol. The average Bonchev–Trinajstić information content (AvgIpc) is 2.96. The Morgan fingerprint density at radius 2 is 1.12 bits per heavy atom. The molecule has 7 heteroatoms. The third kappa shape index (κ3) is 30.8. The van der Waals surface area contributed by atoms with Gasteiger partial charge in [-0.15, -0.1) is 0 Å². The summed E-state index contributed by atoms with van der Waals surface area (Å²) < 4.78 is 32.0. The predicted molar refractivity (Wildman–Crippen MR) is 184 cm³/mol. The molecule has 0 aromatic carbocycles. The summed E-state index contributed by atoms with van der Waals surface area (Å²) >= 11 is 0. The fraction of sp³-hybridized carbons (Fsp3) is 0.583. The van der Waals surface area contributed by atoms with Crippen LogP contribution in [0.1, 0.15) is 117 Å². The van der Waals surface area contributed by atoms with E-state index in [0.29, 0.717) is 6.42 Å². The Hall–Kier alpha value is -2.48. The topological polar surface area (TPSA) is 104 Å². The van der Waals surface area contributed by atoms with Gasteiger partial charge in [-0.2, -0.15) is 8.42 Å². The van der Waals surface area contributed by atoms with Crippen LogP contribution in [0.5, 0.6) is 0 Å². The van der Waals surface area contributed by atoms with Crippen molar-refractivity contribution in [3.63, 3.8) is 0 Å². The summed E-state index contributed by atoms with van der Waals surface area (Å²) in [5.74, 6) is -1.03. The quantitative estimate of drug-likeness (QED) is 0.0485. The molecule has 0 aliphatic carbocycles. The number of carbonyl (C=O) groups is 1. The van der Waals surface area contributed by atoms with Crippen LogP contribution in [0, 0.1) is 0 Å². The Morgan fingerprint density at radius 1 is 0.651 bits per heavy atom. The van der Waals surface area contributed by atoms with Crippen LogP contribution < -0.4 is 5.32 Å². The van der Waals surface area contributed by atoms with E-state index in [2.05, 4.69) is 92.1 Å². The molecule has 0 aliphatic heterocycles. The lowest BCUT2D eigenvalue weighted by Crippen LogP contribution is -2.46. The zero-order valence-electron chi connectivity index (χ0n) is 26.8. The van der Waals surface area contributed by atoms with E-state index < -0.39 is 28.0 Å². The molecule has 0 spiro atoms. The molecule has 0 heterocycles. The van der Waals surface area contributed by atoms with E-state index >= 15 is 0 Å². The molecule has 1 amide bonds. The number of hydrogen-bond donors (Lipinski definition) is 3. The Morgan fingerprint density at radius 3 is 1.63 bits per heavy atom. The first-order valence-corrected chi connectivity index (χ1v) is 17.9. The van der Waals surface area contributed by atoms with Gasteiger partial charge in [-0.05, 0) is 70.6 Å². The van der Waals surface area contributed by atoms with E-state index in [-0.39, 0.29) is 12.3 Å². The van der Waals surface area contributed by atoms with Crippen molar-refractivity contribution in [1.29, 1.82) is 0 Å². The summed E-state index contributed by atoms with van der Waals surface area (Å²) in [4.78, 5) is 12.3. The van der Waals surface area contributed by atoms with Crippen molar-refractivity contribution in [2.75, 3.05) is 5.75 Å². The standard InChI is InChI=1S/C36H59NO5S/c1-3-5-7-9-10-11-12-13-14-15-16-17-18-19-20-21-22-23-24-25-26-28-30-32-36(39)37-34(33-43(40,41)42)35(38)31-29-27-8-6-4-2/h5,7,10-11,13-14,16-17,19-20,22-23,29,31,34-35,38H,3-4,6,8-9,12,15,18,21,24-28,30,32-33H2,1-2H3,(H,37,39)(H,40,41,42)/b7-5-,11-10-,14-13-,17-16-,20-19-,23-22-,31-29+. The normalized spacial score (nSPS) is 14.6. The highest BCUT2D eigenvalue weighted by atomic mass is 32.2. The largest absolute Gasteiger partial charge is 0.387 e. The summed E-state index contributed by atoms with van der Waals surface area (Å²) in [7, 11) is -4.34. The molecular weight excluding hydrogens is 558 g/mol. The fourth-order valence-corrected chi connectivity index (χ4v) is 4.89. The van der Waals surface area contributed by atoms with E-state index in [1.165, 1.54) is 6.08 Å². The van der Waals surface area contributed by atoms with Crippen LogP contribution in [0.3, 0.4) is 0 Å². The molecule has 0 saturated heterocycles. The van der Waals surface area contributed by atoms with Crippen molar-refractivity contribution in [3.8, 4) is 0 Å². The van der Waals surface area contributed by atoms with Gasteiger partial charge in [0, 0.05) is 6.42 Å². The highest BCUT2D eigenvalue weighted by Gasteiger charge is 2.24. The maximum Gasteiger partial charge on any atom is 0.267 e. The Labute approximate surface area is 263 Å². The summed E-state index contributed by atoms with van der Waals surface area (Å²) in [6.45, 7) is 4.25. The number of rotatable bonds is 27. The third-order valence-corrected chi connectivity index (χ3v) is 7.36. The molecule has 6 nitrogen and oxygen atoms in total. The van der Waals surface area contributed by atoms with E-state index in [1.807, 2.05) is 0 Å². The minimum atomic E-state index is -4.34. The van der Waals surface area contributed by atoms with Crippen LogP contribution in [0.25, 0.3) is 0 Å². The second-order valence-electron chi connectivity index (χ2n) is 10.7. The van der Waals surface area contributed by atoms with Crippen LogP contribution in [0.4, 0.5) is 0 Å². The molecule has 0 saturated carbocycles. The van der Waals surface area contributed by atoms with Gasteiger partial charge < -0.3 is 10.4 Å². The molecule has 2 atom stereocenters. The number of unbranched alkanes of at least 4 members (excludes halogenated alkanes) is 7. The van der Waals surface area contributed by atoms with Crippen LogP contribution in [0.2, 0.25) is 0 Å². The summed E-state index contributed by atoms with van der Waals surface area (Å²) in [6, 6.07) is -1.07. The highest BCUT2D eigenvalue weighted by Crippen LogP contribution is 2.09. The zero-order chi connectivity index (χ0) is 31.9. The number of nitrogens with one attached hydrogen (secondary N) is 1. The van der Waals surface area contributed by atoms with Gasteiger partial charge in [0.05, 0.1) is 17.9 Å². The third-order valence-electron chi connectivity index (χ3n) is 6.58. The summed E-state index contributed by atoms with van der Waals surface area (Å²) in [5.41, 5.74) is 0. The molecule has 244 valence electrons. The lowest BCUT2D eigenvalue weighted by Gasteiger charge is -2.21. The molecule has 0 radical (unpaired) electrons. The number of hydrogen-bond acceptors (Lipinski definition) is 4. The molecule has 0 aromatic heterocycles. The zero-order valence-corrected chi connectivity index (χ0v) is 27.6. The van der Waals surface area contributed by atoms with Gasteiger partial charge in [-0.1, -0.05) is 125 Å².